The maximum Gasteiger partial charge on any atom is 0.174 e. The minimum atomic E-state index is 0.452. The normalized spacial score (nSPS) is 14.6. The number of aromatic nitrogens is 1. The van der Waals surface area contributed by atoms with Crippen LogP contribution in [0.3, 0.4) is 0 Å². The second-order valence-electron chi connectivity index (χ2n) is 9.72. The van der Waals surface area contributed by atoms with Gasteiger partial charge in [0.05, 0.1) is 6.54 Å². The van der Waals surface area contributed by atoms with Crippen LogP contribution in [0.1, 0.15) is 66.5 Å². The summed E-state index contributed by atoms with van der Waals surface area (Å²) in [5.41, 5.74) is 7.32. The van der Waals surface area contributed by atoms with Gasteiger partial charge in [-0.25, -0.2) is 0 Å². The Morgan fingerprint density at radius 3 is 2.47 bits per heavy atom. The van der Waals surface area contributed by atoms with Gasteiger partial charge in [0.2, 0.25) is 0 Å². The van der Waals surface area contributed by atoms with Crippen LogP contribution in [0.25, 0.3) is 0 Å². The average molecular weight is 494 g/mol. The molecule has 3 nitrogen and oxygen atoms in total. The Hall–Kier alpha value is -2.30. The van der Waals surface area contributed by atoms with Crippen LogP contribution >= 0.6 is 23.8 Å². The molecule has 5 heteroatoms. The molecule has 2 aromatic carbocycles. The van der Waals surface area contributed by atoms with Crippen molar-refractivity contribution in [3.8, 4) is 0 Å². The summed E-state index contributed by atoms with van der Waals surface area (Å²) in [7, 11) is 0. The molecular formula is C29H36ClN3S. The van der Waals surface area contributed by atoms with Gasteiger partial charge in [0.1, 0.15) is 0 Å². The predicted molar refractivity (Wildman–Crippen MR) is 149 cm³/mol. The van der Waals surface area contributed by atoms with Gasteiger partial charge >= 0.3 is 0 Å². The molecule has 0 saturated heterocycles. The number of hydrogen-bond donors (Lipinski definition) is 1. The number of anilines is 1. The largest absolute Gasteiger partial charge is 0.345 e. The van der Waals surface area contributed by atoms with E-state index in [1.807, 2.05) is 19.1 Å². The quantitative estimate of drug-likeness (QED) is 0.277. The number of rotatable bonds is 6. The number of nitrogens with one attached hydrogen (secondary N) is 1. The molecule has 4 rings (SSSR count). The van der Waals surface area contributed by atoms with E-state index < -0.39 is 0 Å². The van der Waals surface area contributed by atoms with Gasteiger partial charge < -0.3 is 14.8 Å². The Morgan fingerprint density at radius 2 is 1.76 bits per heavy atom. The highest BCUT2D eigenvalue weighted by Gasteiger charge is 2.24. The first-order valence-corrected chi connectivity index (χ1v) is 13.2. The van der Waals surface area contributed by atoms with Gasteiger partial charge in [0, 0.05) is 35.2 Å². The van der Waals surface area contributed by atoms with E-state index in [2.05, 4.69) is 71.2 Å². The third-order valence-corrected chi connectivity index (χ3v) is 7.79. The summed E-state index contributed by atoms with van der Waals surface area (Å²) in [5.74, 6) is 0. The van der Waals surface area contributed by atoms with Crippen molar-refractivity contribution < 1.29 is 0 Å². The Bertz CT molecular complexity index is 1130. The van der Waals surface area contributed by atoms with E-state index in [9.17, 15) is 0 Å². The highest BCUT2D eigenvalue weighted by molar-refractivity contribution is 7.80. The van der Waals surface area contributed by atoms with Crippen molar-refractivity contribution in [3.05, 3.63) is 87.7 Å². The standard InChI is InChI=1S/C29H36ClN3S/c1-21-12-14-24(23(3)17-21)19-32-16-8-11-27(32)20-33(26-9-6-4-5-7-10-26)29(34)31-25-15-13-22(2)28(30)18-25/h8,11-18,26H,4-7,9-10,19-20H2,1-3H3,(H,31,34). The summed E-state index contributed by atoms with van der Waals surface area (Å²) in [5, 5.41) is 5.03. The van der Waals surface area contributed by atoms with Gasteiger partial charge in [-0.05, 0) is 86.8 Å². The lowest BCUT2D eigenvalue weighted by Gasteiger charge is -2.34. The Balaban J connectivity index is 1.56. The molecule has 1 heterocycles. The maximum atomic E-state index is 6.38. The summed E-state index contributed by atoms with van der Waals surface area (Å²) < 4.78 is 2.37. The van der Waals surface area contributed by atoms with Gasteiger partial charge in [-0.2, -0.15) is 0 Å². The van der Waals surface area contributed by atoms with E-state index in [1.165, 1.54) is 60.9 Å². The van der Waals surface area contributed by atoms with E-state index in [0.29, 0.717) is 6.04 Å². The molecule has 0 bridgehead atoms. The van der Waals surface area contributed by atoms with Crippen LogP contribution in [-0.4, -0.2) is 20.6 Å². The number of thiocarbonyl (C=S) groups is 1. The third-order valence-electron chi connectivity index (χ3n) is 7.04. The minimum Gasteiger partial charge on any atom is -0.345 e. The third kappa shape index (κ3) is 6.22. The molecule has 1 aliphatic rings. The first kappa shape index (κ1) is 24.8. The molecule has 0 radical (unpaired) electrons. The summed E-state index contributed by atoms with van der Waals surface area (Å²) >= 11 is 12.4. The van der Waals surface area contributed by atoms with Crippen molar-refractivity contribution in [1.82, 2.24) is 9.47 Å². The van der Waals surface area contributed by atoms with Gasteiger partial charge in [0.25, 0.3) is 0 Å². The zero-order valence-corrected chi connectivity index (χ0v) is 22.2. The highest BCUT2D eigenvalue weighted by atomic mass is 35.5. The molecule has 34 heavy (non-hydrogen) atoms. The summed E-state index contributed by atoms with van der Waals surface area (Å²) in [4.78, 5) is 2.42. The van der Waals surface area contributed by atoms with Crippen LogP contribution in [0.5, 0.6) is 0 Å². The SMILES string of the molecule is Cc1ccc(Cn2cccc2CN(C(=S)Nc2ccc(C)c(Cl)c2)C2CCCCCC2)c(C)c1. The molecule has 1 N–H and O–H groups in total. The van der Waals surface area contributed by atoms with Crippen molar-refractivity contribution in [1.29, 1.82) is 0 Å². The van der Waals surface area contributed by atoms with Crippen LogP contribution in [0.2, 0.25) is 5.02 Å². The monoisotopic (exact) mass is 493 g/mol. The van der Waals surface area contributed by atoms with Crippen molar-refractivity contribution in [2.24, 2.45) is 0 Å². The summed E-state index contributed by atoms with van der Waals surface area (Å²) in [6.45, 7) is 8.05. The fourth-order valence-electron chi connectivity index (χ4n) is 4.93. The zero-order valence-electron chi connectivity index (χ0n) is 20.6. The zero-order chi connectivity index (χ0) is 24.1. The van der Waals surface area contributed by atoms with E-state index in [0.717, 1.165) is 34.5 Å². The Morgan fingerprint density at radius 1 is 1.00 bits per heavy atom. The topological polar surface area (TPSA) is 20.2 Å². The second-order valence-corrected chi connectivity index (χ2v) is 10.5. The van der Waals surface area contributed by atoms with Crippen LogP contribution in [-0.2, 0) is 13.1 Å². The average Bonchev–Trinajstić information content (AvgIpc) is 3.06. The second kappa shape index (κ2) is 11.4. The summed E-state index contributed by atoms with van der Waals surface area (Å²) in [6.07, 6.45) is 9.74. The Kier molecular flexibility index (Phi) is 8.33. The molecule has 3 aromatic rings. The first-order chi connectivity index (χ1) is 16.4. The molecule has 0 spiro atoms. The molecule has 1 aliphatic carbocycles. The number of benzene rings is 2. The van der Waals surface area contributed by atoms with Crippen molar-refractivity contribution >= 4 is 34.6 Å². The van der Waals surface area contributed by atoms with Crippen LogP contribution in [0.4, 0.5) is 5.69 Å². The van der Waals surface area contributed by atoms with E-state index in [1.54, 1.807) is 0 Å². The Labute approximate surface area is 215 Å². The molecule has 1 fully saturated rings. The van der Waals surface area contributed by atoms with E-state index in [-0.39, 0.29) is 0 Å². The van der Waals surface area contributed by atoms with Crippen molar-refractivity contribution in [2.75, 3.05) is 5.32 Å². The number of nitrogens with zero attached hydrogens (tertiary/aromatic N) is 2. The molecule has 0 unspecified atom stereocenters. The maximum absolute atomic E-state index is 6.38. The number of halogens is 1. The molecule has 0 amide bonds. The molecule has 1 aromatic heterocycles. The fourth-order valence-corrected chi connectivity index (χ4v) is 5.44. The molecule has 0 aliphatic heterocycles. The lowest BCUT2D eigenvalue weighted by molar-refractivity contribution is 0.274. The van der Waals surface area contributed by atoms with Crippen molar-refractivity contribution in [2.45, 2.75) is 78.4 Å². The van der Waals surface area contributed by atoms with E-state index >= 15 is 0 Å². The smallest absolute Gasteiger partial charge is 0.174 e. The molecule has 1 saturated carbocycles. The first-order valence-electron chi connectivity index (χ1n) is 12.4. The highest BCUT2D eigenvalue weighted by Crippen LogP contribution is 2.26. The minimum absolute atomic E-state index is 0.452. The lowest BCUT2D eigenvalue weighted by Crippen LogP contribution is -2.42. The molecular weight excluding hydrogens is 458 g/mol. The van der Waals surface area contributed by atoms with Gasteiger partial charge in [-0.15, -0.1) is 0 Å². The summed E-state index contributed by atoms with van der Waals surface area (Å²) in [6, 6.07) is 17.6. The van der Waals surface area contributed by atoms with Crippen molar-refractivity contribution in [3.63, 3.8) is 0 Å². The van der Waals surface area contributed by atoms with Crippen LogP contribution in [0.15, 0.2) is 54.7 Å². The number of aryl methyl sites for hydroxylation is 3. The van der Waals surface area contributed by atoms with Crippen LogP contribution < -0.4 is 5.32 Å². The van der Waals surface area contributed by atoms with Gasteiger partial charge in [0.15, 0.2) is 5.11 Å². The molecule has 0 atom stereocenters. The fraction of sp³-hybridized carbons (Fsp3) is 0.414. The lowest BCUT2D eigenvalue weighted by atomic mass is 10.1. The van der Waals surface area contributed by atoms with Crippen LogP contribution in [0, 0.1) is 20.8 Å². The predicted octanol–water partition coefficient (Wildman–Crippen LogP) is 8.04. The molecule has 180 valence electrons. The van der Waals surface area contributed by atoms with Gasteiger partial charge in [-0.3, -0.25) is 0 Å². The van der Waals surface area contributed by atoms with E-state index in [4.69, 9.17) is 23.8 Å². The number of hydrogen-bond acceptors (Lipinski definition) is 1. The van der Waals surface area contributed by atoms with Gasteiger partial charge in [-0.1, -0.05) is 67.1 Å².